The Kier molecular flexibility index (Phi) is 5.75. The van der Waals surface area contributed by atoms with Crippen molar-refractivity contribution >= 4 is 34.1 Å². The van der Waals surface area contributed by atoms with Gasteiger partial charge in [-0.3, -0.25) is 4.79 Å². The summed E-state index contributed by atoms with van der Waals surface area (Å²) in [6, 6.07) is 20.7. The summed E-state index contributed by atoms with van der Waals surface area (Å²) in [7, 11) is 1.58. The summed E-state index contributed by atoms with van der Waals surface area (Å²) in [5, 5.41) is 7.04. The van der Waals surface area contributed by atoms with Crippen molar-refractivity contribution in [2.24, 2.45) is 5.10 Å². The molecule has 0 spiro atoms. The van der Waals surface area contributed by atoms with Crippen LogP contribution in [-0.4, -0.2) is 28.7 Å². The lowest BCUT2D eigenvalue weighted by Crippen LogP contribution is -2.28. The van der Waals surface area contributed by atoms with E-state index in [0.717, 1.165) is 22.2 Å². The number of pyridine rings is 1. The SMILES string of the molecule is COc1cccc2cc([C@@H]3CC(c4cccc(C)c4)=NN3C(=O)c3ccccc3F)c(Cl)nc12. The lowest BCUT2D eigenvalue weighted by molar-refractivity contribution is 0.0706. The van der Waals surface area contributed by atoms with Gasteiger partial charge in [-0.15, -0.1) is 0 Å². The minimum Gasteiger partial charge on any atom is -0.494 e. The summed E-state index contributed by atoms with van der Waals surface area (Å²) >= 11 is 6.65. The Bertz CT molecular complexity index is 1450. The quantitative estimate of drug-likeness (QED) is 0.325. The average molecular weight is 474 g/mol. The molecule has 7 heteroatoms. The smallest absolute Gasteiger partial charge is 0.277 e. The number of ether oxygens (including phenoxy) is 1. The van der Waals surface area contributed by atoms with Crippen LogP contribution in [0, 0.1) is 12.7 Å². The Morgan fingerprint density at radius 2 is 1.88 bits per heavy atom. The average Bonchev–Trinajstić information content (AvgIpc) is 3.28. The third-order valence-electron chi connectivity index (χ3n) is 5.94. The molecule has 1 amide bonds. The van der Waals surface area contributed by atoms with Gasteiger partial charge in [-0.25, -0.2) is 14.4 Å². The maximum atomic E-state index is 14.5. The summed E-state index contributed by atoms with van der Waals surface area (Å²) in [4.78, 5) is 18.0. The molecule has 0 fully saturated rings. The first-order valence-electron chi connectivity index (χ1n) is 10.8. The second-order valence-corrected chi connectivity index (χ2v) is 8.52. The molecule has 0 saturated heterocycles. The van der Waals surface area contributed by atoms with Crippen LogP contribution in [0.15, 0.2) is 77.9 Å². The third kappa shape index (κ3) is 3.90. The van der Waals surface area contributed by atoms with Crippen LogP contribution < -0.4 is 4.74 Å². The van der Waals surface area contributed by atoms with Gasteiger partial charge >= 0.3 is 0 Å². The van der Waals surface area contributed by atoms with Crippen molar-refractivity contribution in [1.82, 2.24) is 9.99 Å². The number of aryl methyl sites for hydroxylation is 1. The number of hydrogen-bond acceptors (Lipinski definition) is 4. The highest BCUT2D eigenvalue weighted by atomic mass is 35.5. The molecule has 0 saturated carbocycles. The van der Waals surface area contributed by atoms with Gasteiger partial charge in [-0.05, 0) is 36.8 Å². The van der Waals surface area contributed by atoms with Gasteiger partial charge in [0, 0.05) is 17.4 Å². The predicted molar refractivity (Wildman–Crippen MR) is 131 cm³/mol. The van der Waals surface area contributed by atoms with Crippen LogP contribution in [0.5, 0.6) is 5.75 Å². The first-order chi connectivity index (χ1) is 16.5. The number of halogens is 2. The van der Waals surface area contributed by atoms with E-state index < -0.39 is 17.8 Å². The molecule has 5 rings (SSSR count). The van der Waals surface area contributed by atoms with E-state index in [9.17, 15) is 9.18 Å². The first kappa shape index (κ1) is 22.0. The van der Waals surface area contributed by atoms with E-state index in [1.165, 1.54) is 17.1 Å². The maximum Gasteiger partial charge on any atom is 0.277 e. The highest BCUT2D eigenvalue weighted by Gasteiger charge is 2.36. The molecule has 1 aromatic heterocycles. The van der Waals surface area contributed by atoms with Gasteiger partial charge in [0.1, 0.15) is 22.2 Å². The molecule has 2 heterocycles. The fourth-order valence-corrected chi connectivity index (χ4v) is 4.53. The van der Waals surface area contributed by atoms with Gasteiger partial charge in [-0.2, -0.15) is 5.10 Å². The Labute approximate surface area is 201 Å². The fraction of sp³-hybridized carbons (Fsp3) is 0.148. The number of carbonyl (C=O) groups is 1. The van der Waals surface area contributed by atoms with Crippen molar-refractivity contribution in [3.05, 3.63) is 106 Å². The van der Waals surface area contributed by atoms with Crippen LogP contribution in [-0.2, 0) is 0 Å². The zero-order chi connectivity index (χ0) is 23.8. The van der Waals surface area contributed by atoms with E-state index in [1.807, 2.05) is 55.5 Å². The number of carbonyl (C=O) groups excluding carboxylic acids is 1. The fourth-order valence-electron chi connectivity index (χ4n) is 4.26. The molecule has 170 valence electrons. The van der Waals surface area contributed by atoms with Crippen molar-refractivity contribution in [2.45, 2.75) is 19.4 Å². The standard InChI is InChI=1S/C27H21ClFN3O2/c1-16-7-5-8-17(13-16)22-15-23(32(31-22)27(33)19-10-3-4-11-21(19)29)20-14-18-9-6-12-24(34-2)25(18)30-26(20)28/h3-14,23H,15H2,1-2H3/t23-/m0/s1. The summed E-state index contributed by atoms with van der Waals surface area (Å²) < 4.78 is 19.9. The highest BCUT2D eigenvalue weighted by Crippen LogP contribution is 2.39. The number of fused-ring (bicyclic) bond motifs is 1. The van der Waals surface area contributed by atoms with E-state index in [4.69, 9.17) is 16.3 Å². The molecule has 5 nitrogen and oxygen atoms in total. The molecule has 4 aromatic rings. The van der Waals surface area contributed by atoms with Gasteiger partial charge in [-0.1, -0.05) is 65.7 Å². The number of nitrogens with zero attached hydrogens (tertiary/aromatic N) is 3. The zero-order valence-corrected chi connectivity index (χ0v) is 19.4. The summed E-state index contributed by atoms with van der Waals surface area (Å²) in [6.45, 7) is 2.00. The van der Waals surface area contributed by atoms with E-state index in [2.05, 4.69) is 10.1 Å². The third-order valence-corrected chi connectivity index (χ3v) is 6.25. The highest BCUT2D eigenvalue weighted by molar-refractivity contribution is 6.30. The number of para-hydroxylation sites is 1. The summed E-state index contributed by atoms with van der Waals surface area (Å²) in [5.74, 6) is -0.529. The Hall–Kier alpha value is -3.77. The first-order valence-corrected chi connectivity index (χ1v) is 11.2. The molecule has 1 aliphatic heterocycles. The monoisotopic (exact) mass is 473 g/mol. The van der Waals surface area contributed by atoms with E-state index in [1.54, 1.807) is 19.2 Å². The van der Waals surface area contributed by atoms with Crippen LogP contribution >= 0.6 is 11.6 Å². The van der Waals surface area contributed by atoms with Crippen LogP contribution in [0.1, 0.15) is 39.5 Å². The van der Waals surface area contributed by atoms with Crippen molar-refractivity contribution in [2.75, 3.05) is 7.11 Å². The number of hydrogen-bond donors (Lipinski definition) is 0. The van der Waals surface area contributed by atoms with Crippen LogP contribution in [0.4, 0.5) is 4.39 Å². The van der Waals surface area contributed by atoms with Gasteiger partial charge in [0.25, 0.3) is 5.91 Å². The Morgan fingerprint density at radius 3 is 2.65 bits per heavy atom. The number of hydrazone groups is 1. The summed E-state index contributed by atoms with van der Waals surface area (Å²) in [6.07, 6.45) is 0.417. The van der Waals surface area contributed by atoms with Crippen molar-refractivity contribution in [3.8, 4) is 5.75 Å². The second-order valence-electron chi connectivity index (χ2n) is 8.17. The normalized spacial score (nSPS) is 15.5. The number of aromatic nitrogens is 1. The second kappa shape index (κ2) is 8.88. The van der Waals surface area contributed by atoms with Crippen molar-refractivity contribution < 1.29 is 13.9 Å². The number of rotatable bonds is 4. The van der Waals surface area contributed by atoms with Gasteiger partial charge in [0.15, 0.2) is 0 Å². The molecule has 3 aromatic carbocycles. The Balaban J connectivity index is 1.63. The molecule has 0 N–H and O–H groups in total. The molecule has 1 atom stereocenters. The number of methoxy groups -OCH3 is 1. The van der Waals surface area contributed by atoms with Crippen molar-refractivity contribution in [1.29, 1.82) is 0 Å². The van der Waals surface area contributed by atoms with Gasteiger partial charge < -0.3 is 4.74 Å². The number of amides is 1. The lowest BCUT2D eigenvalue weighted by Gasteiger charge is -2.23. The molecule has 1 aliphatic rings. The molecule has 0 aliphatic carbocycles. The van der Waals surface area contributed by atoms with Gasteiger partial charge in [0.05, 0.1) is 24.4 Å². The molecular formula is C27H21ClFN3O2. The van der Waals surface area contributed by atoms with E-state index >= 15 is 0 Å². The number of benzene rings is 3. The topological polar surface area (TPSA) is 54.8 Å². The van der Waals surface area contributed by atoms with Crippen molar-refractivity contribution in [3.63, 3.8) is 0 Å². The van der Waals surface area contributed by atoms with Crippen LogP contribution in [0.25, 0.3) is 10.9 Å². The molecular weight excluding hydrogens is 453 g/mol. The largest absolute Gasteiger partial charge is 0.494 e. The molecule has 0 unspecified atom stereocenters. The minimum atomic E-state index is -0.599. The molecule has 0 bridgehead atoms. The Morgan fingerprint density at radius 1 is 1.09 bits per heavy atom. The lowest BCUT2D eigenvalue weighted by atomic mass is 9.97. The molecule has 34 heavy (non-hydrogen) atoms. The van der Waals surface area contributed by atoms with E-state index in [-0.39, 0.29) is 10.7 Å². The van der Waals surface area contributed by atoms with E-state index in [0.29, 0.717) is 23.3 Å². The molecule has 0 radical (unpaired) electrons. The van der Waals surface area contributed by atoms with Crippen LogP contribution in [0.3, 0.4) is 0 Å². The maximum absolute atomic E-state index is 14.5. The van der Waals surface area contributed by atoms with Crippen LogP contribution in [0.2, 0.25) is 5.15 Å². The zero-order valence-electron chi connectivity index (χ0n) is 18.6. The summed E-state index contributed by atoms with van der Waals surface area (Å²) in [5.41, 5.74) is 3.92. The van der Waals surface area contributed by atoms with Gasteiger partial charge in [0.2, 0.25) is 0 Å². The predicted octanol–water partition coefficient (Wildman–Crippen LogP) is 6.34. The minimum absolute atomic E-state index is 0.0479.